The van der Waals surface area contributed by atoms with Gasteiger partial charge in [0.15, 0.2) is 13.9 Å². The first-order valence-corrected chi connectivity index (χ1v) is 13.1. The number of esters is 1. The van der Waals surface area contributed by atoms with E-state index in [1.807, 2.05) is 30.3 Å². The minimum Gasteiger partial charge on any atom is -0.459 e. The van der Waals surface area contributed by atoms with Gasteiger partial charge in [-0.3, -0.25) is 0 Å². The van der Waals surface area contributed by atoms with Gasteiger partial charge in [0.1, 0.15) is 6.61 Å². The second kappa shape index (κ2) is 9.35. The van der Waals surface area contributed by atoms with Crippen LogP contribution in [0.5, 0.6) is 0 Å². The minimum atomic E-state index is -1.70. The SMILES string of the molecule is CC(C)(C)[Si](C)(C)OCCCCC1(C(=O)OCc2ccccc2)CCCO1. The van der Waals surface area contributed by atoms with E-state index in [9.17, 15) is 4.79 Å². The highest BCUT2D eigenvalue weighted by Crippen LogP contribution is 2.37. The average molecular weight is 393 g/mol. The highest BCUT2D eigenvalue weighted by Gasteiger charge is 2.43. The summed E-state index contributed by atoms with van der Waals surface area (Å²) in [7, 11) is -1.70. The van der Waals surface area contributed by atoms with Crippen LogP contribution in [0.2, 0.25) is 18.1 Å². The third-order valence-corrected chi connectivity index (χ3v) is 10.5. The molecule has 2 rings (SSSR count). The molecule has 1 aliphatic rings. The average Bonchev–Trinajstić information content (AvgIpc) is 3.09. The maximum atomic E-state index is 12.7. The molecule has 1 heterocycles. The van der Waals surface area contributed by atoms with Crippen LogP contribution in [0, 0.1) is 0 Å². The van der Waals surface area contributed by atoms with Crippen LogP contribution >= 0.6 is 0 Å². The van der Waals surface area contributed by atoms with Crippen LogP contribution in [-0.4, -0.2) is 33.1 Å². The molecule has 4 nitrogen and oxygen atoms in total. The molecular formula is C22H36O4Si. The fourth-order valence-corrected chi connectivity index (χ4v) is 4.16. The zero-order valence-corrected chi connectivity index (χ0v) is 18.7. The standard InChI is InChI=1S/C22H36O4Si/c1-21(2,3)27(4,5)26-17-10-9-14-22(15-11-16-25-22)20(23)24-18-19-12-7-6-8-13-19/h6-8,12-13H,9-11,14-18H2,1-5H3. The lowest BCUT2D eigenvalue weighted by Gasteiger charge is -2.36. The van der Waals surface area contributed by atoms with E-state index in [2.05, 4.69) is 33.9 Å². The van der Waals surface area contributed by atoms with Gasteiger partial charge < -0.3 is 13.9 Å². The van der Waals surface area contributed by atoms with Crippen LogP contribution in [0.3, 0.4) is 0 Å². The van der Waals surface area contributed by atoms with Crippen molar-refractivity contribution in [1.82, 2.24) is 0 Å². The van der Waals surface area contributed by atoms with Crippen LogP contribution in [0.1, 0.15) is 58.4 Å². The van der Waals surface area contributed by atoms with Gasteiger partial charge in [-0.15, -0.1) is 0 Å². The Morgan fingerprint density at radius 3 is 2.48 bits per heavy atom. The Morgan fingerprint density at radius 1 is 1.19 bits per heavy atom. The van der Waals surface area contributed by atoms with Gasteiger partial charge in [0.05, 0.1) is 0 Å². The van der Waals surface area contributed by atoms with E-state index in [0.717, 1.165) is 37.9 Å². The molecule has 1 aromatic carbocycles. The van der Waals surface area contributed by atoms with Crippen molar-refractivity contribution in [3.8, 4) is 0 Å². The molecule has 0 spiro atoms. The van der Waals surface area contributed by atoms with Crippen molar-refractivity contribution >= 4 is 14.3 Å². The molecule has 152 valence electrons. The number of hydrogen-bond donors (Lipinski definition) is 0. The third-order valence-electron chi connectivity index (χ3n) is 5.93. The summed E-state index contributed by atoms with van der Waals surface area (Å²) < 4.78 is 17.7. The van der Waals surface area contributed by atoms with Gasteiger partial charge >= 0.3 is 5.97 Å². The quantitative estimate of drug-likeness (QED) is 0.317. The van der Waals surface area contributed by atoms with Gasteiger partial charge in [0.25, 0.3) is 0 Å². The molecule has 0 saturated carbocycles. The minimum absolute atomic E-state index is 0.214. The molecule has 1 aromatic rings. The summed E-state index contributed by atoms with van der Waals surface area (Å²) in [5.74, 6) is -0.214. The topological polar surface area (TPSA) is 44.8 Å². The first-order valence-electron chi connectivity index (χ1n) is 10.2. The molecule has 1 saturated heterocycles. The second-order valence-corrected chi connectivity index (χ2v) is 13.9. The van der Waals surface area contributed by atoms with Crippen LogP contribution < -0.4 is 0 Å². The van der Waals surface area contributed by atoms with E-state index in [0.29, 0.717) is 19.6 Å². The highest BCUT2D eigenvalue weighted by atomic mass is 28.4. The fourth-order valence-electron chi connectivity index (χ4n) is 3.07. The summed E-state index contributed by atoms with van der Waals surface area (Å²) in [5.41, 5.74) is 0.243. The lowest BCUT2D eigenvalue weighted by molar-refractivity contribution is -0.169. The van der Waals surface area contributed by atoms with Crippen molar-refractivity contribution < 1.29 is 18.7 Å². The van der Waals surface area contributed by atoms with Gasteiger partial charge in [-0.2, -0.15) is 0 Å². The van der Waals surface area contributed by atoms with E-state index >= 15 is 0 Å². The Labute approximate surface area is 165 Å². The van der Waals surface area contributed by atoms with Crippen molar-refractivity contribution in [3.05, 3.63) is 35.9 Å². The molecule has 0 amide bonds. The lowest BCUT2D eigenvalue weighted by atomic mass is 9.93. The first-order chi connectivity index (χ1) is 12.7. The largest absolute Gasteiger partial charge is 0.459 e. The molecule has 27 heavy (non-hydrogen) atoms. The molecule has 1 unspecified atom stereocenters. The summed E-state index contributed by atoms with van der Waals surface area (Å²) in [6.45, 7) is 13.0. The van der Waals surface area contributed by atoms with Gasteiger partial charge in [-0.05, 0) is 55.8 Å². The molecule has 1 fully saturated rings. The van der Waals surface area contributed by atoms with E-state index < -0.39 is 13.9 Å². The molecule has 0 radical (unpaired) electrons. The second-order valence-electron chi connectivity index (χ2n) is 9.07. The monoisotopic (exact) mass is 392 g/mol. The molecule has 0 aliphatic carbocycles. The molecule has 1 atom stereocenters. The molecular weight excluding hydrogens is 356 g/mol. The number of rotatable bonds is 9. The van der Waals surface area contributed by atoms with Crippen molar-refractivity contribution in [2.45, 2.75) is 83.2 Å². The normalized spacial score (nSPS) is 20.6. The Hall–Kier alpha value is -1.17. The number of unbranched alkanes of at least 4 members (excludes halogenated alkanes) is 1. The van der Waals surface area contributed by atoms with Crippen LogP contribution in [-0.2, 0) is 25.3 Å². The number of benzene rings is 1. The van der Waals surface area contributed by atoms with E-state index in [1.165, 1.54) is 0 Å². The van der Waals surface area contributed by atoms with Gasteiger partial charge in [-0.1, -0.05) is 51.1 Å². The van der Waals surface area contributed by atoms with Crippen molar-refractivity contribution in [2.75, 3.05) is 13.2 Å². The number of hydrogen-bond acceptors (Lipinski definition) is 4. The Bertz CT molecular complexity index is 586. The molecule has 0 aromatic heterocycles. The van der Waals surface area contributed by atoms with Gasteiger partial charge in [0.2, 0.25) is 0 Å². The predicted octanol–water partition coefficient (Wildman–Crippen LogP) is 5.47. The Kier molecular flexibility index (Phi) is 7.66. The number of ether oxygens (including phenoxy) is 2. The smallest absolute Gasteiger partial charge is 0.338 e. The van der Waals surface area contributed by atoms with E-state index in [-0.39, 0.29) is 11.0 Å². The van der Waals surface area contributed by atoms with Crippen molar-refractivity contribution in [3.63, 3.8) is 0 Å². The van der Waals surface area contributed by atoms with E-state index in [1.54, 1.807) is 0 Å². The molecule has 0 bridgehead atoms. The maximum Gasteiger partial charge on any atom is 0.338 e. The first kappa shape index (κ1) is 22.1. The van der Waals surface area contributed by atoms with E-state index in [4.69, 9.17) is 13.9 Å². The zero-order valence-electron chi connectivity index (χ0n) is 17.7. The Balaban J connectivity index is 1.79. The summed E-state index contributed by atoms with van der Waals surface area (Å²) in [5, 5.41) is 0.226. The lowest BCUT2D eigenvalue weighted by Crippen LogP contribution is -2.41. The highest BCUT2D eigenvalue weighted by molar-refractivity contribution is 6.74. The summed E-state index contributed by atoms with van der Waals surface area (Å²) in [4.78, 5) is 12.7. The maximum absolute atomic E-state index is 12.7. The van der Waals surface area contributed by atoms with Gasteiger partial charge in [0, 0.05) is 13.2 Å². The van der Waals surface area contributed by atoms with Gasteiger partial charge in [-0.25, -0.2) is 4.79 Å². The van der Waals surface area contributed by atoms with Crippen LogP contribution in [0.15, 0.2) is 30.3 Å². The molecule has 5 heteroatoms. The predicted molar refractivity (Wildman–Crippen MR) is 111 cm³/mol. The van der Waals surface area contributed by atoms with Crippen LogP contribution in [0.25, 0.3) is 0 Å². The zero-order chi connectivity index (χ0) is 20.0. The fraction of sp³-hybridized carbons (Fsp3) is 0.682. The van der Waals surface area contributed by atoms with Crippen molar-refractivity contribution in [2.24, 2.45) is 0 Å². The molecule has 0 N–H and O–H groups in total. The Morgan fingerprint density at radius 2 is 1.89 bits per heavy atom. The molecule has 1 aliphatic heterocycles. The summed E-state index contributed by atoms with van der Waals surface area (Å²) >= 11 is 0. The summed E-state index contributed by atoms with van der Waals surface area (Å²) in [6, 6.07) is 9.79. The van der Waals surface area contributed by atoms with Crippen molar-refractivity contribution in [1.29, 1.82) is 0 Å². The third kappa shape index (κ3) is 6.16. The number of carbonyl (C=O) groups excluding carboxylic acids is 1. The van der Waals surface area contributed by atoms with Crippen LogP contribution in [0.4, 0.5) is 0 Å². The summed E-state index contributed by atoms with van der Waals surface area (Å²) in [6.07, 6.45) is 4.24. The number of carbonyl (C=O) groups is 1.